The van der Waals surface area contributed by atoms with Crippen molar-refractivity contribution in [1.82, 2.24) is 9.66 Å². The molecule has 4 aliphatic rings. The van der Waals surface area contributed by atoms with Crippen molar-refractivity contribution in [3.8, 4) is 0 Å². The molecule has 0 bridgehead atoms. The molecule has 2 saturated carbocycles. The van der Waals surface area contributed by atoms with Crippen LogP contribution in [0.25, 0.3) is 0 Å². The predicted molar refractivity (Wildman–Crippen MR) is 97.1 cm³/mol. The number of fused-ring (bicyclic) bond motifs is 3. The molecule has 5 rings (SSSR count). The van der Waals surface area contributed by atoms with Gasteiger partial charge in [-0.15, -0.1) is 0 Å². The van der Waals surface area contributed by atoms with Crippen molar-refractivity contribution in [2.75, 3.05) is 6.79 Å². The van der Waals surface area contributed by atoms with Gasteiger partial charge in [0.15, 0.2) is 0 Å². The summed E-state index contributed by atoms with van der Waals surface area (Å²) >= 11 is 0. The number of nitrogens with zero attached hydrogens (tertiary/aromatic N) is 4. The monoisotopic (exact) mass is 374 g/mol. The molecule has 0 aromatic carbocycles. The Morgan fingerprint density at radius 2 is 1.93 bits per heavy atom. The van der Waals surface area contributed by atoms with E-state index in [9.17, 15) is 10.1 Å². The molecule has 8 nitrogen and oxygen atoms in total. The normalized spacial score (nSPS) is 38.3. The molecule has 0 amide bonds. The second-order valence-corrected chi connectivity index (χ2v) is 8.53. The summed E-state index contributed by atoms with van der Waals surface area (Å²) in [7, 11) is 0. The summed E-state index contributed by atoms with van der Waals surface area (Å²) < 4.78 is 13.6. The third kappa shape index (κ3) is 3.08. The summed E-state index contributed by atoms with van der Waals surface area (Å²) in [5, 5.41) is 16.2. The van der Waals surface area contributed by atoms with E-state index >= 15 is 0 Å². The first-order valence-electron chi connectivity index (χ1n) is 10.1. The third-order valence-corrected chi connectivity index (χ3v) is 6.91. The molecule has 4 unspecified atom stereocenters. The van der Waals surface area contributed by atoms with Gasteiger partial charge in [0.2, 0.25) is 6.04 Å². The Labute approximate surface area is 158 Å². The van der Waals surface area contributed by atoms with Crippen LogP contribution in [-0.4, -0.2) is 45.3 Å². The fraction of sp³-hybridized carbons (Fsp3) is 0.789. The topological polar surface area (TPSA) is 91.8 Å². The maximum Gasteiger partial charge on any atom is 0.213 e. The number of ether oxygens (including phenoxy) is 2. The summed E-state index contributed by atoms with van der Waals surface area (Å²) in [5.74, 6) is 2.14. The molecule has 8 heteroatoms. The largest absolute Gasteiger partial charge is 0.349 e. The number of aromatic nitrogens is 2. The van der Waals surface area contributed by atoms with Crippen LogP contribution in [0.5, 0.6) is 0 Å². The number of nitro groups is 1. The van der Waals surface area contributed by atoms with E-state index < -0.39 is 6.04 Å². The Bertz CT molecular complexity index is 768. The minimum Gasteiger partial charge on any atom is -0.349 e. The maximum atomic E-state index is 11.1. The second-order valence-electron chi connectivity index (χ2n) is 8.53. The van der Waals surface area contributed by atoms with Crippen LogP contribution in [0.3, 0.4) is 0 Å². The maximum absolute atomic E-state index is 11.1. The van der Waals surface area contributed by atoms with E-state index in [0.29, 0.717) is 37.4 Å². The molecule has 2 aliphatic carbocycles. The molecular weight excluding hydrogens is 348 g/mol. The zero-order valence-corrected chi connectivity index (χ0v) is 15.6. The average molecular weight is 374 g/mol. The first-order valence-corrected chi connectivity index (χ1v) is 10.1. The van der Waals surface area contributed by atoms with Crippen LogP contribution >= 0.6 is 0 Å². The Hall–Kier alpha value is -1.80. The molecule has 2 aliphatic heterocycles. The summed E-state index contributed by atoms with van der Waals surface area (Å²) in [6.07, 6.45) is 8.15. The lowest BCUT2D eigenvalue weighted by Gasteiger charge is -2.39. The molecule has 0 N–H and O–H groups in total. The van der Waals surface area contributed by atoms with Gasteiger partial charge in [0.1, 0.15) is 12.6 Å². The van der Waals surface area contributed by atoms with Crippen LogP contribution in [-0.2, 0) is 15.9 Å². The van der Waals surface area contributed by atoms with Gasteiger partial charge < -0.3 is 9.47 Å². The van der Waals surface area contributed by atoms with Crippen molar-refractivity contribution < 1.29 is 14.4 Å². The molecule has 146 valence electrons. The van der Waals surface area contributed by atoms with Gasteiger partial charge in [0.25, 0.3) is 0 Å². The molecule has 0 spiro atoms. The summed E-state index contributed by atoms with van der Waals surface area (Å²) in [4.78, 5) is 15.7. The van der Waals surface area contributed by atoms with Crippen molar-refractivity contribution in [1.29, 1.82) is 0 Å². The van der Waals surface area contributed by atoms with Crippen LogP contribution in [0, 0.1) is 34.8 Å². The fourth-order valence-corrected chi connectivity index (χ4v) is 5.52. The van der Waals surface area contributed by atoms with Gasteiger partial charge in [-0.2, -0.15) is 5.10 Å². The molecule has 4 atom stereocenters. The lowest BCUT2D eigenvalue weighted by Crippen LogP contribution is -2.43. The van der Waals surface area contributed by atoms with E-state index in [1.165, 1.54) is 5.71 Å². The molecule has 3 fully saturated rings. The highest BCUT2D eigenvalue weighted by Gasteiger charge is 2.46. The minimum absolute atomic E-state index is 0.111. The van der Waals surface area contributed by atoms with Crippen molar-refractivity contribution in [3.05, 3.63) is 27.8 Å². The van der Waals surface area contributed by atoms with Gasteiger partial charge in [-0.3, -0.25) is 10.1 Å². The number of hydrogen-bond donors (Lipinski definition) is 0. The summed E-state index contributed by atoms with van der Waals surface area (Å²) in [6, 6.07) is -0.392. The first kappa shape index (κ1) is 17.3. The zero-order chi connectivity index (χ0) is 18.5. The zero-order valence-electron chi connectivity index (χ0n) is 15.6. The Balaban J connectivity index is 1.46. The highest BCUT2D eigenvalue weighted by molar-refractivity contribution is 5.89. The van der Waals surface area contributed by atoms with E-state index in [-0.39, 0.29) is 17.1 Å². The third-order valence-electron chi connectivity index (χ3n) is 6.91. The Morgan fingerprint density at radius 3 is 2.67 bits per heavy atom. The Kier molecular flexibility index (Phi) is 4.27. The van der Waals surface area contributed by atoms with E-state index in [2.05, 4.69) is 0 Å². The molecule has 3 heterocycles. The molecule has 0 radical (unpaired) electrons. The van der Waals surface area contributed by atoms with Crippen molar-refractivity contribution >= 4 is 5.71 Å². The van der Waals surface area contributed by atoms with E-state index in [1.807, 2.05) is 17.8 Å². The minimum atomic E-state index is -0.392. The lowest BCUT2D eigenvalue weighted by molar-refractivity contribution is -0.526. The molecule has 1 aromatic heterocycles. The van der Waals surface area contributed by atoms with Crippen molar-refractivity contribution in [2.24, 2.45) is 22.9 Å². The van der Waals surface area contributed by atoms with E-state index in [1.54, 1.807) is 0 Å². The SMILES string of the molecule is Cc1cn2c(n1)CC1CC3OCOC3CC1C(C1CCC([N+](=O)[O-])CC1)=N2. The van der Waals surface area contributed by atoms with Crippen LogP contribution in [0.4, 0.5) is 0 Å². The van der Waals surface area contributed by atoms with Gasteiger partial charge in [-0.05, 0) is 44.4 Å². The second kappa shape index (κ2) is 6.67. The Morgan fingerprint density at radius 1 is 1.19 bits per heavy atom. The highest BCUT2D eigenvalue weighted by atomic mass is 16.7. The van der Waals surface area contributed by atoms with Crippen molar-refractivity contribution in [2.45, 2.75) is 70.1 Å². The van der Waals surface area contributed by atoms with E-state index in [4.69, 9.17) is 19.6 Å². The van der Waals surface area contributed by atoms with Gasteiger partial charge >= 0.3 is 0 Å². The number of imidazole rings is 1. The molecule has 1 aromatic rings. The van der Waals surface area contributed by atoms with Crippen LogP contribution in [0.15, 0.2) is 11.3 Å². The molecule has 1 saturated heterocycles. The lowest BCUT2D eigenvalue weighted by atomic mass is 9.68. The number of aryl methyl sites for hydroxylation is 1. The van der Waals surface area contributed by atoms with Crippen LogP contribution in [0.2, 0.25) is 0 Å². The summed E-state index contributed by atoms with van der Waals surface area (Å²) in [6.45, 7) is 2.39. The predicted octanol–water partition coefficient (Wildman–Crippen LogP) is 2.55. The summed E-state index contributed by atoms with van der Waals surface area (Å²) in [5.41, 5.74) is 2.20. The molecular formula is C19H26N4O4. The van der Waals surface area contributed by atoms with Gasteiger partial charge in [-0.25, -0.2) is 9.66 Å². The fourth-order valence-electron chi connectivity index (χ4n) is 5.52. The first-order chi connectivity index (χ1) is 13.1. The highest BCUT2D eigenvalue weighted by Crippen LogP contribution is 2.43. The van der Waals surface area contributed by atoms with Crippen LogP contribution < -0.4 is 0 Å². The van der Waals surface area contributed by atoms with Crippen molar-refractivity contribution in [3.63, 3.8) is 0 Å². The number of rotatable bonds is 2. The molecule has 27 heavy (non-hydrogen) atoms. The van der Waals surface area contributed by atoms with Gasteiger partial charge in [0, 0.05) is 35.8 Å². The van der Waals surface area contributed by atoms with Crippen LogP contribution in [0.1, 0.15) is 50.0 Å². The quantitative estimate of drug-likeness (QED) is 0.586. The standard InChI is InChI=1S/C19H26N4O4/c1-11-9-22-18(20-11)7-13-6-16-17(27-10-26-16)8-15(13)19(21-22)12-2-4-14(5-3-12)23(24)25/h9,12-17H,2-8,10H2,1H3. The number of hydrogen-bond acceptors (Lipinski definition) is 6. The van der Waals surface area contributed by atoms with Gasteiger partial charge in [0.05, 0.1) is 24.1 Å². The van der Waals surface area contributed by atoms with Gasteiger partial charge in [-0.1, -0.05) is 0 Å². The smallest absolute Gasteiger partial charge is 0.213 e. The average Bonchev–Trinajstić information content (AvgIpc) is 3.21. The van der Waals surface area contributed by atoms with E-state index in [0.717, 1.165) is 43.6 Å².